The lowest BCUT2D eigenvalue weighted by Crippen LogP contribution is -2.14. The number of carboxylic acid groups (broad SMARTS) is 1. The number of hydrogen-bond donors (Lipinski definition) is 1. The van der Waals surface area contributed by atoms with E-state index >= 15 is 0 Å². The summed E-state index contributed by atoms with van der Waals surface area (Å²) in [7, 11) is 0. The van der Waals surface area contributed by atoms with E-state index in [0.717, 1.165) is 12.8 Å². The van der Waals surface area contributed by atoms with Crippen molar-refractivity contribution >= 4 is 34.2 Å². The SMILES string of the molecule is CC(=O)c1cn(CC(=O)O)c2ccc(C(=O)C(=O)CC3CC3)cc12. The van der Waals surface area contributed by atoms with Crippen LogP contribution in [0, 0.1) is 5.92 Å². The Morgan fingerprint density at radius 1 is 1.21 bits per heavy atom. The Balaban J connectivity index is 2.01. The van der Waals surface area contributed by atoms with Gasteiger partial charge in [-0.2, -0.15) is 0 Å². The molecule has 1 N–H and O–H groups in total. The number of aromatic nitrogens is 1. The molecule has 1 aromatic heterocycles. The third kappa shape index (κ3) is 3.13. The van der Waals surface area contributed by atoms with Crippen molar-refractivity contribution in [3.05, 3.63) is 35.5 Å². The number of hydrogen-bond acceptors (Lipinski definition) is 4. The van der Waals surface area contributed by atoms with Crippen LogP contribution in [0.1, 0.15) is 46.9 Å². The summed E-state index contributed by atoms with van der Waals surface area (Å²) in [6, 6.07) is 4.61. The summed E-state index contributed by atoms with van der Waals surface area (Å²) in [6.45, 7) is 1.10. The molecule has 1 aliphatic rings. The minimum Gasteiger partial charge on any atom is -0.480 e. The van der Waals surface area contributed by atoms with Crippen LogP contribution < -0.4 is 0 Å². The Morgan fingerprint density at radius 2 is 1.92 bits per heavy atom. The second-order valence-corrected chi connectivity index (χ2v) is 6.25. The first-order valence-electron chi connectivity index (χ1n) is 7.80. The lowest BCUT2D eigenvalue weighted by atomic mass is 10.0. The van der Waals surface area contributed by atoms with Crippen LogP contribution in [0.5, 0.6) is 0 Å². The van der Waals surface area contributed by atoms with Gasteiger partial charge < -0.3 is 9.67 Å². The third-order valence-corrected chi connectivity index (χ3v) is 4.25. The van der Waals surface area contributed by atoms with Crippen LogP contribution in [0.25, 0.3) is 10.9 Å². The minimum atomic E-state index is -1.03. The molecule has 1 fully saturated rings. The van der Waals surface area contributed by atoms with E-state index in [9.17, 15) is 19.2 Å². The molecule has 0 saturated heterocycles. The summed E-state index contributed by atoms with van der Waals surface area (Å²) in [4.78, 5) is 47.1. The second-order valence-electron chi connectivity index (χ2n) is 6.25. The number of nitrogens with zero attached hydrogens (tertiary/aromatic N) is 1. The molecule has 1 aliphatic carbocycles. The Labute approximate surface area is 138 Å². The molecule has 0 atom stereocenters. The van der Waals surface area contributed by atoms with Gasteiger partial charge in [-0.3, -0.25) is 19.2 Å². The average Bonchev–Trinajstić information content (AvgIpc) is 3.26. The number of benzene rings is 1. The van der Waals surface area contributed by atoms with E-state index < -0.39 is 17.5 Å². The largest absolute Gasteiger partial charge is 0.480 e. The van der Waals surface area contributed by atoms with Gasteiger partial charge in [-0.05, 0) is 43.9 Å². The molecule has 1 heterocycles. The zero-order valence-electron chi connectivity index (χ0n) is 13.2. The van der Waals surface area contributed by atoms with Crippen molar-refractivity contribution in [3.8, 4) is 0 Å². The van der Waals surface area contributed by atoms with Crippen molar-refractivity contribution in [2.45, 2.75) is 32.7 Å². The average molecular weight is 327 g/mol. The number of Topliss-reactive ketones (excluding diaryl/α,β-unsaturated/α-hetero) is 3. The molecule has 3 rings (SSSR count). The van der Waals surface area contributed by atoms with Gasteiger partial charge in [0.25, 0.3) is 0 Å². The number of rotatable bonds is 7. The first-order valence-corrected chi connectivity index (χ1v) is 7.80. The van der Waals surface area contributed by atoms with Crippen molar-refractivity contribution in [3.63, 3.8) is 0 Å². The molecule has 24 heavy (non-hydrogen) atoms. The molecule has 6 nitrogen and oxygen atoms in total. The number of fused-ring (bicyclic) bond motifs is 1. The molecular formula is C18H17NO5. The first kappa shape index (κ1) is 16.1. The Kier molecular flexibility index (Phi) is 4.05. The predicted octanol–water partition coefficient (Wildman–Crippen LogP) is 2.48. The summed E-state index contributed by atoms with van der Waals surface area (Å²) >= 11 is 0. The van der Waals surface area contributed by atoms with Crippen LogP contribution in [-0.4, -0.2) is 33.0 Å². The number of aliphatic carboxylic acids is 1. The maximum absolute atomic E-state index is 12.3. The lowest BCUT2D eigenvalue weighted by molar-refractivity contribution is -0.137. The molecule has 2 aromatic rings. The van der Waals surface area contributed by atoms with E-state index in [1.165, 1.54) is 29.8 Å². The van der Waals surface area contributed by atoms with Gasteiger partial charge in [0.15, 0.2) is 5.78 Å². The van der Waals surface area contributed by atoms with Crippen molar-refractivity contribution in [1.82, 2.24) is 4.57 Å². The highest BCUT2D eigenvalue weighted by Crippen LogP contribution is 2.33. The van der Waals surface area contributed by atoms with Crippen LogP contribution in [-0.2, 0) is 16.1 Å². The number of carbonyl (C=O) groups excluding carboxylic acids is 3. The zero-order chi connectivity index (χ0) is 17.4. The van der Waals surface area contributed by atoms with E-state index in [1.807, 2.05) is 0 Å². The van der Waals surface area contributed by atoms with E-state index in [-0.39, 0.29) is 24.3 Å². The first-order chi connectivity index (χ1) is 11.4. The number of carboxylic acids is 1. The molecular weight excluding hydrogens is 310 g/mol. The highest BCUT2D eigenvalue weighted by atomic mass is 16.4. The summed E-state index contributed by atoms with van der Waals surface area (Å²) in [5.74, 6) is -1.88. The van der Waals surface area contributed by atoms with E-state index in [2.05, 4.69) is 0 Å². The number of ketones is 3. The van der Waals surface area contributed by atoms with Crippen LogP contribution in [0.3, 0.4) is 0 Å². The van der Waals surface area contributed by atoms with Gasteiger partial charge in [-0.25, -0.2) is 0 Å². The van der Waals surface area contributed by atoms with Crippen LogP contribution in [0.15, 0.2) is 24.4 Å². The van der Waals surface area contributed by atoms with Gasteiger partial charge in [-0.15, -0.1) is 0 Å². The minimum absolute atomic E-state index is 0.224. The highest BCUT2D eigenvalue weighted by molar-refractivity contribution is 6.44. The Morgan fingerprint density at radius 3 is 2.50 bits per heavy atom. The summed E-state index contributed by atoms with van der Waals surface area (Å²) in [6.07, 6.45) is 3.73. The summed E-state index contributed by atoms with van der Waals surface area (Å²) in [5, 5.41) is 9.47. The molecule has 1 saturated carbocycles. The monoisotopic (exact) mass is 327 g/mol. The standard InChI is InChI=1S/C18H17NO5/c1-10(20)14-8-19(9-17(22)23)15-5-4-12(7-13(14)15)18(24)16(21)6-11-2-3-11/h4-5,7-8,11H,2-3,6,9H2,1H3,(H,22,23). The van der Waals surface area contributed by atoms with Gasteiger partial charge in [-0.1, -0.05) is 0 Å². The van der Waals surface area contributed by atoms with Crippen molar-refractivity contribution in [2.75, 3.05) is 0 Å². The molecule has 0 amide bonds. The Hall–Kier alpha value is -2.76. The van der Waals surface area contributed by atoms with E-state index in [4.69, 9.17) is 5.11 Å². The smallest absolute Gasteiger partial charge is 0.323 e. The maximum atomic E-state index is 12.3. The molecule has 0 spiro atoms. The van der Waals surface area contributed by atoms with Crippen molar-refractivity contribution < 1.29 is 24.3 Å². The van der Waals surface area contributed by atoms with Crippen molar-refractivity contribution in [2.24, 2.45) is 5.92 Å². The molecule has 0 bridgehead atoms. The predicted molar refractivity (Wildman–Crippen MR) is 86.3 cm³/mol. The van der Waals surface area contributed by atoms with Crippen LogP contribution in [0.4, 0.5) is 0 Å². The highest BCUT2D eigenvalue weighted by Gasteiger charge is 2.28. The zero-order valence-corrected chi connectivity index (χ0v) is 13.2. The molecule has 124 valence electrons. The normalized spacial score (nSPS) is 13.9. The van der Waals surface area contributed by atoms with Crippen LogP contribution >= 0.6 is 0 Å². The number of carbonyl (C=O) groups is 4. The lowest BCUT2D eigenvalue weighted by Gasteiger charge is -2.03. The van der Waals surface area contributed by atoms with Gasteiger partial charge in [0.2, 0.25) is 11.6 Å². The van der Waals surface area contributed by atoms with E-state index in [1.54, 1.807) is 6.07 Å². The quantitative estimate of drug-likeness (QED) is 0.623. The fraction of sp³-hybridized carbons (Fsp3) is 0.333. The molecule has 0 unspecified atom stereocenters. The van der Waals surface area contributed by atoms with Gasteiger partial charge >= 0.3 is 5.97 Å². The fourth-order valence-corrected chi connectivity index (χ4v) is 2.83. The summed E-state index contributed by atoms with van der Waals surface area (Å²) in [5.41, 5.74) is 1.13. The molecule has 1 aromatic carbocycles. The van der Waals surface area contributed by atoms with Gasteiger partial charge in [0.05, 0.1) is 0 Å². The van der Waals surface area contributed by atoms with Crippen molar-refractivity contribution in [1.29, 1.82) is 0 Å². The Bertz CT molecular complexity index is 873. The second kappa shape index (κ2) is 6.03. The van der Waals surface area contributed by atoms with Gasteiger partial charge in [0, 0.05) is 34.6 Å². The fourth-order valence-electron chi connectivity index (χ4n) is 2.83. The maximum Gasteiger partial charge on any atom is 0.323 e. The molecule has 0 aliphatic heterocycles. The van der Waals surface area contributed by atoms with E-state index in [0.29, 0.717) is 22.4 Å². The van der Waals surface area contributed by atoms with Crippen LogP contribution in [0.2, 0.25) is 0 Å². The topological polar surface area (TPSA) is 93.4 Å². The summed E-state index contributed by atoms with van der Waals surface area (Å²) < 4.78 is 1.45. The molecule has 6 heteroatoms. The van der Waals surface area contributed by atoms with Gasteiger partial charge in [0.1, 0.15) is 6.54 Å². The molecule has 0 radical (unpaired) electrons. The third-order valence-electron chi connectivity index (χ3n) is 4.25.